The number of anilines is 1. The SMILES string of the molecule is O=C(CN1CCN(C(=O)c2sc3cc(Cl)ccc3c2Cl)CC1)Nc1ccc(Cl)cn1. The zero-order valence-electron chi connectivity index (χ0n) is 15.7. The first-order valence-corrected chi connectivity index (χ1v) is 11.2. The molecule has 30 heavy (non-hydrogen) atoms. The van der Waals surface area contributed by atoms with Crippen LogP contribution in [-0.2, 0) is 4.79 Å². The zero-order valence-corrected chi connectivity index (χ0v) is 18.8. The van der Waals surface area contributed by atoms with Gasteiger partial charge in [-0.1, -0.05) is 40.9 Å². The zero-order chi connectivity index (χ0) is 21.3. The van der Waals surface area contributed by atoms with Gasteiger partial charge in [-0.25, -0.2) is 4.98 Å². The Kier molecular flexibility index (Phi) is 6.46. The van der Waals surface area contributed by atoms with Crippen molar-refractivity contribution >= 4 is 73.9 Å². The van der Waals surface area contributed by atoms with Gasteiger partial charge in [-0.3, -0.25) is 14.5 Å². The molecular weight excluding hydrogens is 467 g/mol. The number of amides is 2. The van der Waals surface area contributed by atoms with E-state index in [0.29, 0.717) is 51.9 Å². The molecule has 1 aliphatic rings. The van der Waals surface area contributed by atoms with Crippen molar-refractivity contribution in [1.82, 2.24) is 14.8 Å². The molecule has 156 valence electrons. The molecule has 0 radical (unpaired) electrons. The van der Waals surface area contributed by atoms with Crippen molar-refractivity contribution in [3.8, 4) is 0 Å². The molecule has 2 aromatic heterocycles. The number of hydrogen-bond donors (Lipinski definition) is 1. The highest BCUT2D eigenvalue weighted by Crippen LogP contribution is 2.37. The van der Waals surface area contributed by atoms with Crippen molar-refractivity contribution in [2.75, 3.05) is 38.0 Å². The molecule has 1 saturated heterocycles. The molecule has 4 rings (SSSR count). The maximum absolute atomic E-state index is 13.0. The van der Waals surface area contributed by atoms with Gasteiger partial charge in [0.25, 0.3) is 5.91 Å². The molecule has 1 N–H and O–H groups in total. The van der Waals surface area contributed by atoms with Crippen LogP contribution in [0, 0.1) is 0 Å². The molecule has 1 aromatic carbocycles. The Hall–Kier alpha value is -1.90. The summed E-state index contributed by atoms with van der Waals surface area (Å²) in [6.07, 6.45) is 1.48. The molecule has 0 atom stereocenters. The minimum atomic E-state index is -0.158. The summed E-state index contributed by atoms with van der Waals surface area (Å²) in [4.78, 5) is 33.6. The fourth-order valence-corrected chi connectivity index (χ4v) is 5.13. The maximum atomic E-state index is 13.0. The summed E-state index contributed by atoms with van der Waals surface area (Å²) in [5.74, 6) is 0.207. The predicted octanol–water partition coefficient (Wildman–Crippen LogP) is 4.65. The second kappa shape index (κ2) is 9.08. The summed E-state index contributed by atoms with van der Waals surface area (Å²) in [6.45, 7) is 2.48. The quantitative estimate of drug-likeness (QED) is 0.586. The van der Waals surface area contributed by atoms with Crippen LogP contribution in [-0.4, -0.2) is 59.3 Å². The summed E-state index contributed by atoms with van der Waals surface area (Å²) in [7, 11) is 0. The first-order valence-electron chi connectivity index (χ1n) is 9.21. The average molecular weight is 484 g/mol. The molecule has 3 aromatic rings. The minimum absolute atomic E-state index is 0.0909. The standard InChI is InChI=1S/C20H17Cl3N4O2S/c21-12-1-3-14-15(9-12)30-19(18(14)23)20(29)27-7-5-26(6-8-27)11-17(28)25-16-4-2-13(22)10-24-16/h1-4,9-10H,5-8,11H2,(H,24,25,28). The number of halogens is 3. The number of thiophene rings is 1. The molecule has 0 unspecified atom stereocenters. The van der Waals surface area contributed by atoms with Crippen molar-refractivity contribution < 1.29 is 9.59 Å². The number of benzene rings is 1. The molecule has 0 bridgehead atoms. The van der Waals surface area contributed by atoms with Crippen LogP contribution in [0.1, 0.15) is 9.67 Å². The van der Waals surface area contributed by atoms with E-state index in [4.69, 9.17) is 34.8 Å². The van der Waals surface area contributed by atoms with E-state index < -0.39 is 0 Å². The first kappa shape index (κ1) is 21.3. The summed E-state index contributed by atoms with van der Waals surface area (Å²) in [5, 5.41) is 5.17. The Balaban J connectivity index is 1.34. The lowest BCUT2D eigenvalue weighted by atomic mass is 10.2. The topological polar surface area (TPSA) is 65.5 Å². The minimum Gasteiger partial charge on any atom is -0.335 e. The van der Waals surface area contributed by atoms with Crippen molar-refractivity contribution in [3.63, 3.8) is 0 Å². The van der Waals surface area contributed by atoms with Gasteiger partial charge in [0.1, 0.15) is 10.7 Å². The van der Waals surface area contributed by atoms with Crippen molar-refractivity contribution in [2.24, 2.45) is 0 Å². The van der Waals surface area contributed by atoms with E-state index >= 15 is 0 Å². The number of fused-ring (bicyclic) bond motifs is 1. The van der Waals surface area contributed by atoms with Gasteiger partial charge in [0.05, 0.1) is 16.6 Å². The largest absolute Gasteiger partial charge is 0.335 e. The normalized spacial score (nSPS) is 14.8. The predicted molar refractivity (Wildman–Crippen MR) is 122 cm³/mol. The van der Waals surface area contributed by atoms with Gasteiger partial charge in [-0.15, -0.1) is 11.3 Å². The van der Waals surface area contributed by atoms with Crippen molar-refractivity contribution in [2.45, 2.75) is 0 Å². The number of nitrogens with one attached hydrogen (secondary N) is 1. The summed E-state index contributed by atoms with van der Waals surface area (Å²) >= 11 is 19.6. The second-order valence-electron chi connectivity index (χ2n) is 6.86. The Labute approximate surface area is 192 Å². The Morgan fingerprint density at radius 3 is 2.47 bits per heavy atom. The van der Waals surface area contributed by atoms with E-state index in [1.165, 1.54) is 17.5 Å². The second-order valence-corrected chi connectivity index (χ2v) is 9.17. The summed E-state index contributed by atoms with van der Waals surface area (Å²) < 4.78 is 0.891. The smallest absolute Gasteiger partial charge is 0.265 e. The van der Waals surface area contributed by atoms with Crippen molar-refractivity contribution in [3.05, 3.63) is 56.5 Å². The Morgan fingerprint density at radius 2 is 1.77 bits per heavy atom. The van der Waals surface area contributed by atoms with Gasteiger partial charge >= 0.3 is 0 Å². The highest BCUT2D eigenvalue weighted by atomic mass is 35.5. The monoisotopic (exact) mass is 482 g/mol. The van der Waals surface area contributed by atoms with Gasteiger partial charge in [0.2, 0.25) is 5.91 Å². The average Bonchev–Trinajstić information content (AvgIpc) is 3.05. The van der Waals surface area contributed by atoms with Crippen LogP contribution in [0.2, 0.25) is 15.1 Å². The van der Waals surface area contributed by atoms with E-state index in [9.17, 15) is 9.59 Å². The Morgan fingerprint density at radius 1 is 1.03 bits per heavy atom. The molecule has 1 fully saturated rings. The van der Waals surface area contributed by atoms with Gasteiger partial charge in [0.15, 0.2) is 0 Å². The van der Waals surface area contributed by atoms with E-state index in [1.807, 2.05) is 17.0 Å². The lowest BCUT2D eigenvalue weighted by molar-refractivity contribution is -0.117. The van der Waals surface area contributed by atoms with E-state index in [-0.39, 0.29) is 18.4 Å². The third-order valence-electron chi connectivity index (χ3n) is 4.81. The highest BCUT2D eigenvalue weighted by Gasteiger charge is 2.26. The lowest BCUT2D eigenvalue weighted by Crippen LogP contribution is -2.50. The Bertz CT molecular complexity index is 1100. The number of carbonyl (C=O) groups excluding carboxylic acids is 2. The number of nitrogens with zero attached hydrogens (tertiary/aromatic N) is 3. The molecule has 0 aliphatic carbocycles. The molecule has 0 saturated carbocycles. The maximum Gasteiger partial charge on any atom is 0.265 e. The molecule has 10 heteroatoms. The molecule has 1 aliphatic heterocycles. The number of rotatable bonds is 4. The third-order valence-corrected chi connectivity index (χ3v) is 6.91. The van der Waals surface area contributed by atoms with Gasteiger partial charge in [-0.05, 0) is 24.3 Å². The molecule has 6 nitrogen and oxygen atoms in total. The van der Waals surface area contributed by atoms with Crippen LogP contribution >= 0.6 is 46.1 Å². The van der Waals surface area contributed by atoms with E-state index in [2.05, 4.69) is 10.3 Å². The van der Waals surface area contributed by atoms with Crippen LogP contribution in [0.3, 0.4) is 0 Å². The first-order chi connectivity index (χ1) is 14.4. The van der Waals surface area contributed by atoms with Gasteiger partial charge in [-0.2, -0.15) is 0 Å². The number of pyridine rings is 1. The number of hydrogen-bond acceptors (Lipinski definition) is 5. The molecular formula is C20H17Cl3N4O2S. The van der Waals surface area contributed by atoms with Crippen LogP contribution in [0.25, 0.3) is 10.1 Å². The van der Waals surface area contributed by atoms with Crippen LogP contribution in [0.4, 0.5) is 5.82 Å². The molecule has 2 amide bonds. The number of piperazine rings is 1. The van der Waals surface area contributed by atoms with Crippen molar-refractivity contribution in [1.29, 1.82) is 0 Å². The summed E-state index contributed by atoms with van der Waals surface area (Å²) in [5.41, 5.74) is 0. The fourth-order valence-electron chi connectivity index (χ4n) is 3.26. The lowest BCUT2D eigenvalue weighted by Gasteiger charge is -2.34. The molecule has 0 spiro atoms. The fraction of sp³-hybridized carbons (Fsp3) is 0.250. The van der Waals surface area contributed by atoms with E-state index in [0.717, 1.165) is 10.1 Å². The van der Waals surface area contributed by atoms with E-state index in [1.54, 1.807) is 23.1 Å². The van der Waals surface area contributed by atoms with Crippen LogP contribution in [0.5, 0.6) is 0 Å². The number of aromatic nitrogens is 1. The molecule has 3 heterocycles. The van der Waals surface area contributed by atoms with Crippen LogP contribution in [0.15, 0.2) is 36.5 Å². The number of carbonyl (C=O) groups is 2. The highest BCUT2D eigenvalue weighted by molar-refractivity contribution is 7.21. The van der Waals surface area contributed by atoms with Gasteiger partial charge in [0, 0.05) is 47.5 Å². The van der Waals surface area contributed by atoms with Crippen LogP contribution < -0.4 is 5.32 Å². The van der Waals surface area contributed by atoms with Gasteiger partial charge < -0.3 is 10.2 Å². The third kappa shape index (κ3) is 4.71. The summed E-state index contributed by atoms with van der Waals surface area (Å²) in [6, 6.07) is 8.73.